The van der Waals surface area contributed by atoms with Crippen molar-refractivity contribution >= 4 is 34.7 Å². The molecular weight excluding hydrogens is 420 g/mol. The summed E-state index contributed by atoms with van der Waals surface area (Å²) in [6.07, 6.45) is 3.26. The molecule has 1 N–H and O–H groups in total. The van der Waals surface area contributed by atoms with Gasteiger partial charge in [0.15, 0.2) is 0 Å². The number of rotatable bonds is 4. The van der Waals surface area contributed by atoms with Gasteiger partial charge in [-0.1, -0.05) is 44.5 Å². The average molecular weight is 439 g/mol. The Morgan fingerprint density at radius 3 is 2.50 bits per heavy atom. The summed E-state index contributed by atoms with van der Waals surface area (Å²) in [6.45, 7) is 6.15. The number of amides is 1. The van der Waals surface area contributed by atoms with Gasteiger partial charge in [-0.25, -0.2) is 15.0 Å². The predicted molar refractivity (Wildman–Crippen MR) is 118 cm³/mol. The average Bonchev–Trinajstić information content (AvgIpc) is 3.37. The van der Waals surface area contributed by atoms with Crippen molar-refractivity contribution in [1.29, 1.82) is 0 Å². The Morgan fingerprint density at radius 2 is 1.83 bits per heavy atom. The molecule has 0 aliphatic heterocycles. The lowest BCUT2D eigenvalue weighted by molar-refractivity contribution is 0.102. The first-order valence-electron chi connectivity index (χ1n) is 9.22. The summed E-state index contributed by atoms with van der Waals surface area (Å²) in [4.78, 5) is 25.9. The normalized spacial score (nSPS) is 11.5. The number of benzene rings is 1. The number of carbonyl (C=O) groups excluding carboxylic acids is 1. The minimum atomic E-state index is -0.330. The molecule has 0 radical (unpaired) electrons. The van der Waals surface area contributed by atoms with Crippen LogP contribution < -0.4 is 5.32 Å². The maximum Gasteiger partial charge on any atom is 0.276 e. The molecule has 0 fully saturated rings. The molecule has 1 aromatic carbocycles. The summed E-state index contributed by atoms with van der Waals surface area (Å²) in [5.74, 6) is 0.532. The minimum Gasteiger partial charge on any atom is -0.305 e. The molecule has 3 aromatic heterocycles. The van der Waals surface area contributed by atoms with Crippen LogP contribution in [-0.4, -0.2) is 30.6 Å². The van der Waals surface area contributed by atoms with Gasteiger partial charge in [0, 0.05) is 39.8 Å². The van der Waals surface area contributed by atoms with Gasteiger partial charge in [0.05, 0.1) is 5.69 Å². The third kappa shape index (κ3) is 4.24. The van der Waals surface area contributed by atoms with E-state index in [4.69, 9.17) is 11.6 Å². The number of nitrogens with one attached hydrogen (secondary N) is 1. The van der Waals surface area contributed by atoms with E-state index in [2.05, 4.69) is 46.1 Å². The van der Waals surface area contributed by atoms with Gasteiger partial charge in [0.25, 0.3) is 11.9 Å². The fourth-order valence-corrected chi connectivity index (χ4v) is 3.61. The lowest BCUT2D eigenvalue weighted by Crippen LogP contribution is -2.16. The number of halogens is 1. The van der Waals surface area contributed by atoms with Crippen molar-refractivity contribution in [3.63, 3.8) is 0 Å². The van der Waals surface area contributed by atoms with Crippen molar-refractivity contribution in [1.82, 2.24) is 24.7 Å². The van der Waals surface area contributed by atoms with Crippen LogP contribution in [0.15, 0.2) is 54.2 Å². The molecule has 0 aliphatic carbocycles. The van der Waals surface area contributed by atoms with Crippen molar-refractivity contribution in [2.24, 2.45) is 0 Å². The summed E-state index contributed by atoms with van der Waals surface area (Å²) in [5.41, 5.74) is 1.83. The van der Waals surface area contributed by atoms with Crippen LogP contribution in [0, 0.1) is 0 Å². The standard InChI is InChI=1S/C21H19ClN6OS/c1-21(2,3)16-11-17(28(27-16)20-23-9-4-10-24-20)26-18(29)15-12-30-19(25-15)13-5-7-14(22)8-6-13/h4-12H,1-3H3,(H,26,29). The Morgan fingerprint density at radius 1 is 1.13 bits per heavy atom. The molecule has 0 bridgehead atoms. The van der Waals surface area contributed by atoms with E-state index in [1.807, 2.05) is 18.2 Å². The monoisotopic (exact) mass is 438 g/mol. The highest BCUT2D eigenvalue weighted by molar-refractivity contribution is 7.13. The van der Waals surface area contributed by atoms with Crippen LogP contribution in [0.1, 0.15) is 37.0 Å². The summed E-state index contributed by atoms with van der Waals surface area (Å²) < 4.78 is 1.53. The van der Waals surface area contributed by atoms with Crippen LogP contribution in [0.25, 0.3) is 16.5 Å². The summed E-state index contributed by atoms with van der Waals surface area (Å²) >= 11 is 7.34. The van der Waals surface area contributed by atoms with E-state index in [1.54, 1.807) is 36.0 Å². The Kier molecular flexibility index (Phi) is 5.36. The molecule has 0 atom stereocenters. The molecule has 3 heterocycles. The van der Waals surface area contributed by atoms with Gasteiger partial charge < -0.3 is 5.32 Å². The van der Waals surface area contributed by atoms with Crippen molar-refractivity contribution in [3.05, 3.63) is 70.6 Å². The Bertz CT molecular complexity index is 1180. The molecule has 0 aliphatic rings. The molecule has 152 valence electrons. The van der Waals surface area contributed by atoms with Crippen molar-refractivity contribution in [2.75, 3.05) is 5.32 Å². The zero-order valence-electron chi connectivity index (χ0n) is 16.6. The molecule has 0 spiro atoms. The fourth-order valence-electron chi connectivity index (χ4n) is 2.67. The van der Waals surface area contributed by atoms with Crippen LogP contribution in [0.2, 0.25) is 5.02 Å². The number of thiazole rings is 1. The molecule has 0 unspecified atom stereocenters. The number of carbonyl (C=O) groups is 1. The van der Waals surface area contributed by atoms with E-state index in [0.717, 1.165) is 16.3 Å². The predicted octanol–water partition coefficient (Wildman–Crippen LogP) is 4.99. The van der Waals surface area contributed by atoms with Crippen LogP contribution in [-0.2, 0) is 5.41 Å². The lowest BCUT2D eigenvalue weighted by atomic mass is 9.92. The molecular formula is C21H19ClN6OS. The third-order valence-electron chi connectivity index (χ3n) is 4.29. The highest BCUT2D eigenvalue weighted by Crippen LogP contribution is 2.27. The number of hydrogen-bond donors (Lipinski definition) is 1. The van der Waals surface area contributed by atoms with E-state index in [1.165, 1.54) is 16.0 Å². The highest BCUT2D eigenvalue weighted by Gasteiger charge is 2.23. The number of anilines is 1. The Hall–Kier alpha value is -3.10. The molecule has 1 amide bonds. The van der Waals surface area contributed by atoms with Gasteiger partial charge >= 0.3 is 0 Å². The molecule has 4 aromatic rings. The first-order valence-corrected chi connectivity index (χ1v) is 10.5. The Balaban J connectivity index is 1.63. The second kappa shape index (κ2) is 7.97. The maximum atomic E-state index is 12.9. The molecule has 0 saturated carbocycles. The SMILES string of the molecule is CC(C)(C)c1cc(NC(=O)c2csc(-c3ccc(Cl)cc3)n2)n(-c2ncccn2)n1. The van der Waals surface area contributed by atoms with Crippen molar-refractivity contribution in [3.8, 4) is 16.5 Å². The third-order valence-corrected chi connectivity index (χ3v) is 5.43. The van der Waals surface area contributed by atoms with Gasteiger partial charge in [-0.05, 0) is 18.2 Å². The fraction of sp³-hybridized carbons (Fsp3) is 0.190. The van der Waals surface area contributed by atoms with E-state index in [0.29, 0.717) is 22.5 Å². The van der Waals surface area contributed by atoms with Gasteiger partial charge in [0.2, 0.25) is 0 Å². The largest absolute Gasteiger partial charge is 0.305 e. The zero-order chi connectivity index (χ0) is 21.3. The smallest absolute Gasteiger partial charge is 0.276 e. The number of nitrogens with zero attached hydrogens (tertiary/aromatic N) is 5. The number of aromatic nitrogens is 5. The van der Waals surface area contributed by atoms with E-state index < -0.39 is 0 Å². The van der Waals surface area contributed by atoms with Gasteiger partial charge in [-0.2, -0.15) is 9.78 Å². The molecule has 9 heteroatoms. The summed E-state index contributed by atoms with van der Waals surface area (Å²) in [7, 11) is 0. The molecule has 30 heavy (non-hydrogen) atoms. The highest BCUT2D eigenvalue weighted by atomic mass is 35.5. The zero-order valence-corrected chi connectivity index (χ0v) is 18.2. The lowest BCUT2D eigenvalue weighted by Gasteiger charge is -2.13. The summed E-state index contributed by atoms with van der Waals surface area (Å²) in [5, 5.41) is 10.6. The van der Waals surface area contributed by atoms with Crippen molar-refractivity contribution < 1.29 is 4.79 Å². The van der Waals surface area contributed by atoms with E-state index >= 15 is 0 Å². The maximum absolute atomic E-state index is 12.9. The molecule has 4 rings (SSSR count). The van der Waals surface area contributed by atoms with Gasteiger partial charge in [0.1, 0.15) is 16.5 Å². The van der Waals surface area contributed by atoms with E-state index in [9.17, 15) is 4.79 Å². The second-order valence-electron chi connectivity index (χ2n) is 7.62. The van der Waals surface area contributed by atoms with Gasteiger partial charge in [-0.15, -0.1) is 11.3 Å². The van der Waals surface area contributed by atoms with Crippen molar-refractivity contribution in [2.45, 2.75) is 26.2 Å². The quantitative estimate of drug-likeness (QED) is 0.485. The van der Waals surface area contributed by atoms with Crippen LogP contribution in [0.3, 0.4) is 0 Å². The minimum absolute atomic E-state index is 0.206. The van der Waals surface area contributed by atoms with Gasteiger partial charge in [-0.3, -0.25) is 4.79 Å². The molecule has 7 nitrogen and oxygen atoms in total. The summed E-state index contributed by atoms with van der Waals surface area (Å²) in [6, 6.07) is 10.9. The first kappa shape index (κ1) is 20.2. The molecule has 0 saturated heterocycles. The van der Waals surface area contributed by atoms with Crippen LogP contribution in [0.4, 0.5) is 5.82 Å². The van der Waals surface area contributed by atoms with Crippen LogP contribution in [0.5, 0.6) is 0 Å². The topological polar surface area (TPSA) is 85.6 Å². The van der Waals surface area contributed by atoms with E-state index in [-0.39, 0.29) is 11.3 Å². The Labute approximate surface area is 182 Å². The second-order valence-corrected chi connectivity index (χ2v) is 8.92. The number of hydrogen-bond acceptors (Lipinski definition) is 6. The first-order chi connectivity index (χ1) is 14.3. The van der Waals surface area contributed by atoms with Crippen LogP contribution >= 0.6 is 22.9 Å².